The van der Waals surface area contributed by atoms with E-state index in [0.29, 0.717) is 29.4 Å². The third-order valence-corrected chi connectivity index (χ3v) is 5.96. The highest BCUT2D eigenvalue weighted by Gasteiger charge is 2.17. The molecule has 1 amide bonds. The van der Waals surface area contributed by atoms with E-state index in [-0.39, 0.29) is 5.91 Å². The van der Waals surface area contributed by atoms with Crippen molar-refractivity contribution in [3.8, 4) is 28.3 Å². The van der Waals surface area contributed by atoms with Gasteiger partial charge in [0.25, 0.3) is 0 Å². The van der Waals surface area contributed by atoms with Crippen LogP contribution in [0.3, 0.4) is 0 Å². The minimum absolute atomic E-state index is 0.0970. The standard InChI is InChI=1S/C26H24N10O/c1-15-12-36(14-29-15)21-6-7-28-25-24(21)31-26(32-25)23-19-9-16(4-5-20(19)33-34-23)17-8-18(11-27-10-17)30-22(37)13-35(2)3/h4-12,14H,13H2,1-3H3,(H,30,37)(H,33,34)(H,28,31,32). The lowest BCUT2D eigenvalue weighted by Gasteiger charge is -2.11. The van der Waals surface area contributed by atoms with Crippen LogP contribution in [0.5, 0.6) is 0 Å². The molecule has 0 saturated heterocycles. The number of likely N-dealkylation sites (N-methyl/N-ethyl adjacent to an activating group) is 1. The summed E-state index contributed by atoms with van der Waals surface area (Å²) < 4.78 is 1.94. The summed E-state index contributed by atoms with van der Waals surface area (Å²) in [5, 5.41) is 11.4. The Morgan fingerprint density at radius 1 is 1.11 bits per heavy atom. The van der Waals surface area contributed by atoms with Crippen molar-refractivity contribution in [1.82, 2.24) is 44.6 Å². The molecule has 0 spiro atoms. The van der Waals surface area contributed by atoms with E-state index < -0.39 is 0 Å². The van der Waals surface area contributed by atoms with Crippen LogP contribution in [0.15, 0.2) is 61.4 Å². The summed E-state index contributed by atoms with van der Waals surface area (Å²) in [7, 11) is 3.70. The number of aromatic nitrogens is 8. The largest absolute Gasteiger partial charge is 0.333 e. The fraction of sp³-hybridized carbons (Fsp3) is 0.154. The molecule has 0 atom stereocenters. The molecule has 5 heterocycles. The number of nitrogens with zero attached hydrogens (tertiary/aromatic N) is 7. The van der Waals surface area contributed by atoms with Crippen LogP contribution >= 0.6 is 0 Å². The van der Waals surface area contributed by atoms with Crippen LogP contribution in [0.4, 0.5) is 5.69 Å². The molecule has 0 aliphatic rings. The zero-order valence-electron chi connectivity index (χ0n) is 20.5. The van der Waals surface area contributed by atoms with Crippen molar-refractivity contribution in [3.05, 3.63) is 67.1 Å². The van der Waals surface area contributed by atoms with Crippen LogP contribution < -0.4 is 5.32 Å². The Morgan fingerprint density at radius 3 is 2.81 bits per heavy atom. The maximum atomic E-state index is 12.2. The number of hydrogen-bond acceptors (Lipinski definition) is 7. The summed E-state index contributed by atoms with van der Waals surface area (Å²) >= 11 is 0. The summed E-state index contributed by atoms with van der Waals surface area (Å²) in [4.78, 5) is 35.2. The van der Waals surface area contributed by atoms with E-state index in [4.69, 9.17) is 4.98 Å². The maximum absolute atomic E-state index is 12.2. The van der Waals surface area contributed by atoms with Gasteiger partial charge in [0.1, 0.15) is 11.2 Å². The number of anilines is 1. The Hall–Kier alpha value is -4.90. The molecule has 0 saturated carbocycles. The second kappa shape index (κ2) is 8.95. The third kappa shape index (κ3) is 4.32. The van der Waals surface area contributed by atoms with Gasteiger partial charge in [-0.15, -0.1) is 0 Å². The Kier molecular flexibility index (Phi) is 5.46. The Bertz CT molecular complexity index is 1760. The van der Waals surface area contributed by atoms with Crippen molar-refractivity contribution < 1.29 is 4.79 Å². The Labute approximate surface area is 211 Å². The van der Waals surface area contributed by atoms with E-state index in [0.717, 1.165) is 38.9 Å². The number of nitrogens with one attached hydrogen (secondary N) is 3. The molecule has 1 aromatic carbocycles. The number of carbonyl (C=O) groups is 1. The molecule has 0 radical (unpaired) electrons. The van der Waals surface area contributed by atoms with Gasteiger partial charge in [-0.1, -0.05) is 6.07 Å². The number of imidazole rings is 2. The predicted molar refractivity (Wildman–Crippen MR) is 141 cm³/mol. The summed E-state index contributed by atoms with van der Waals surface area (Å²) in [6, 6.07) is 9.83. The van der Waals surface area contributed by atoms with Crippen molar-refractivity contribution in [3.63, 3.8) is 0 Å². The number of H-pyrrole nitrogens is 2. The number of hydrogen-bond donors (Lipinski definition) is 3. The number of aromatic amines is 2. The lowest BCUT2D eigenvalue weighted by atomic mass is 10.0. The molecule has 6 aromatic rings. The lowest BCUT2D eigenvalue weighted by molar-refractivity contribution is -0.116. The number of pyridine rings is 2. The van der Waals surface area contributed by atoms with Crippen molar-refractivity contribution in [2.24, 2.45) is 0 Å². The monoisotopic (exact) mass is 492 g/mol. The van der Waals surface area contributed by atoms with E-state index >= 15 is 0 Å². The topological polar surface area (TPSA) is 133 Å². The number of fused-ring (bicyclic) bond motifs is 2. The first kappa shape index (κ1) is 22.6. The van der Waals surface area contributed by atoms with Gasteiger partial charge >= 0.3 is 0 Å². The average molecular weight is 493 g/mol. The molecule has 11 heteroatoms. The highest BCUT2D eigenvalue weighted by atomic mass is 16.2. The highest BCUT2D eigenvalue weighted by molar-refractivity contribution is 5.97. The Morgan fingerprint density at radius 2 is 2.00 bits per heavy atom. The fourth-order valence-electron chi connectivity index (χ4n) is 4.31. The molecule has 11 nitrogen and oxygen atoms in total. The molecule has 3 N–H and O–H groups in total. The van der Waals surface area contributed by atoms with Crippen molar-refractivity contribution >= 4 is 33.7 Å². The molecule has 0 bridgehead atoms. The van der Waals surface area contributed by atoms with Gasteiger partial charge in [0.05, 0.1) is 41.7 Å². The molecular formula is C26H24N10O. The van der Waals surface area contributed by atoms with Gasteiger partial charge in [0.15, 0.2) is 11.5 Å². The van der Waals surface area contributed by atoms with Gasteiger partial charge in [-0.25, -0.2) is 15.0 Å². The first-order valence-electron chi connectivity index (χ1n) is 11.7. The first-order valence-corrected chi connectivity index (χ1v) is 11.7. The molecule has 184 valence electrons. The lowest BCUT2D eigenvalue weighted by Crippen LogP contribution is -2.27. The van der Waals surface area contributed by atoms with Gasteiger partial charge in [-0.3, -0.25) is 14.9 Å². The van der Waals surface area contributed by atoms with E-state index in [1.807, 2.05) is 67.0 Å². The van der Waals surface area contributed by atoms with Crippen LogP contribution in [0.1, 0.15) is 5.69 Å². The maximum Gasteiger partial charge on any atom is 0.238 e. The molecule has 37 heavy (non-hydrogen) atoms. The number of benzene rings is 1. The van der Waals surface area contributed by atoms with Crippen LogP contribution in [0.2, 0.25) is 0 Å². The second-order valence-corrected chi connectivity index (χ2v) is 9.12. The number of carbonyl (C=O) groups excluding carboxylic acids is 1. The molecule has 5 aromatic heterocycles. The minimum Gasteiger partial charge on any atom is -0.333 e. The van der Waals surface area contributed by atoms with Crippen molar-refractivity contribution in [2.45, 2.75) is 6.92 Å². The predicted octanol–water partition coefficient (Wildman–Crippen LogP) is 3.56. The normalized spacial score (nSPS) is 11.6. The third-order valence-electron chi connectivity index (χ3n) is 5.96. The number of aryl methyl sites for hydroxylation is 1. The summed E-state index contributed by atoms with van der Waals surface area (Å²) in [6.07, 6.45) is 8.87. The van der Waals surface area contributed by atoms with E-state index in [1.165, 1.54) is 0 Å². The molecular weight excluding hydrogens is 468 g/mol. The van der Waals surface area contributed by atoms with Crippen LogP contribution in [-0.2, 0) is 4.79 Å². The fourth-order valence-corrected chi connectivity index (χ4v) is 4.31. The van der Waals surface area contributed by atoms with Gasteiger partial charge in [-0.2, -0.15) is 5.10 Å². The Balaban J connectivity index is 1.38. The minimum atomic E-state index is -0.0970. The first-order chi connectivity index (χ1) is 17.9. The van der Waals surface area contributed by atoms with Crippen molar-refractivity contribution in [1.29, 1.82) is 0 Å². The molecule has 6 rings (SSSR count). The number of amides is 1. The number of rotatable bonds is 6. The smallest absolute Gasteiger partial charge is 0.238 e. The van der Waals surface area contributed by atoms with Crippen LogP contribution in [0.25, 0.3) is 50.4 Å². The van der Waals surface area contributed by atoms with E-state index in [1.54, 1.807) is 24.9 Å². The second-order valence-electron chi connectivity index (χ2n) is 9.12. The molecule has 0 aliphatic heterocycles. The summed E-state index contributed by atoms with van der Waals surface area (Å²) in [5.74, 6) is 0.512. The van der Waals surface area contributed by atoms with E-state index in [9.17, 15) is 4.79 Å². The highest BCUT2D eigenvalue weighted by Crippen LogP contribution is 2.31. The molecule has 0 fully saturated rings. The summed E-state index contributed by atoms with van der Waals surface area (Å²) in [6.45, 7) is 2.24. The molecule has 0 aliphatic carbocycles. The average Bonchev–Trinajstić information content (AvgIpc) is 3.60. The SMILES string of the molecule is Cc1cn(-c2ccnc3nc(-c4n[nH]c5ccc(-c6cncc(NC(=O)CN(C)C)c6)cc45)[nH]c23)cn1. The quantitative estimate of drug-likeness (QED) is 0.324. The van der Waals surface area contributed by atoms with Gasteiger partial charge < -0.3 is 19.8 Å². The van der Waals surface area contributed by atoms with Gasteiger partial charge in [-0.05, 0) is 50.8 Å². The van der Waals surface area contributed by atoms with Crippen LogP contribution in [-0.4, -0.2) is 71.1 Å². The zero-order chi connectivity index (χ0) is 25.5. The summed E-state index contributed by atoms with van der Waals surface area (Å²) in [5.41, 5.74) is 7.24. The van der Waals surface area contributed by atoms with Gasteiger partial charge in [0, 0.05) is 29.5 Å². The molecule has 0 unspecified atom stereocenters. The van der Waals surface area contributed by atoms with Gasteiger partial charge in [0.2, 0.25) is 5.91 Å². The van der Waals surface area contributed by atoms with Crippen LogP contribution in [0, 0.1) is 6.92 Å². The zero-order valence-corrected chi connectivity index (χ0v) is 20.5. The van der Waals surface area contributed by atoms with E-state index in [2.05, 4.69) is 35.5 Å². The van der Waals surface area contributed by atoms with Crippen molar-refractivity contribution in [2.75, 3.05) is 26.0 Å².